The topological polar surface area (TPSA) is 65.1 Å². The predicted octanol–water partition coefficient (Wildman–Crippen LogP) is 2.42. The van der Waals surface area contributed by atoms with Gasteiger partial charge in [-0.25, -0.2) is 0 Å². The van der Waals surface area contributed by atoms with Crippen molar-refractivity contribution in [1.29, 1.82) is 5.26 Å². The number of aryl methyl sites for hydroxylation is 1. The summed E-state index contributed by atoms with van der Waals surface area (Å²) in [6.07, 6.45) is 4.63. The lowest BCUT2D eigenvalue weighted by Crippen LogP contribution is -2.21. The van der Waals surface area contributed by atoms with E-state index < -0.39 is 0 Å². The van der Waals surface area contributed by atoms with E-state index in [2.05, 4.69) is 29.3 Å². The fourth-order valence-electron chi connectivity index (χ4n) is 3.76. The molecular formula is C19H22N4O. The van der Waals surface area contributed by atoms with Gasteiger partial charge in [0.1, 0.15) is 0 Å². The number of aliphatic hydroxyl groups is 1. The second-order valence-electron chi connectivity index (χ2n) is 7.09. The molecule has 5 nitrogen and oxygen atoms in total. The van der Waals surface area contributed by atoms with Crippen molar-refractivity contribution in [3.63, 3.8) is 0 Å². The Morgan fingerprint density at radius 1 is 1.29 bits per heavy atom. The smallest absolute Gasteiger partial charge is 0.0968 e. The van der Waals surface area contributed by atoms with Gasteiger partial charge < -0.3 is 5.11 Å². The van der Waals surface area contributed by atoms with E-state index in [9.17, 15) is 5.11 Å². The summed E-state index contributed by atoms with van der Waals surface area (Å²) in [6.45, 7) is 3.14. The molecule has 1 saturated heterocycles. The molecule has 0 radical (unpaired) electrons. The third-order valence-electron chi connectivity index (χ3n) is 5.30. The van der Waals surface area contributed by atoms with Crippen LogP contribution in [-0.4, -0.2) is 39.0 Å². The van der Waals surface area contributed by atoms with Crippen LogP contribution in [0.3, 0.4) is 0 Å². The summed E-state index contributed by atoms with van der Waals surface area (Å²) in [5, 5.41) is 23.8. The number of hydrogen-bond donors (Lipinski definition) is 1. The highest BCUT2D eigenvalue weighted by atomic mass is 16.3. The van der Waals surface area contributed by atoms with Crippen LogP contribution in [0.4, 0.5) is 0 Å². The van der Waals surface area contributed by atoms with Crippen LogP contribution in [0.5, 0.6) is 0 Å². The quantitative estimate of drug-likeness (QED) is 0.918. The first-order valence-corrected chi connectivity index (χ1v) is 8.59. The molecule has 1 aromatic heterocycles. The molecule has 1 N–H and O–H groups in total. The number of rotatable bonds is 5. The van der Waals surface area contributed by atoms with E-state index in [4.69, 9.17) is 10.4 Å². The summed E-state index contributed by atoms with van der Waals surface area (Å²) in [6, 6.07) is 12.4. The van der Waals surface area contributed by atoms with Gasteiger partial charge in [0.25, 0.3) is 0 Å². The number of nitriles is 1. The fraction of sp³-hybridized carbons (Fsp3) is 0.474. The monoisotopic (exact) mass is 322 g/mol. The summed E-state index contributed by atoms with van der Waals surface area (Å²) >= 11 is 0. The number of hydrogen-bond acceptors (Lipinski definition) is 4. The van der Waals surface area contributed by atoms with Gasteiger partial charge in [-0.1, -0.05) is 30.3 Å². The van der Waals surface area contributed by atoms with Crippen LogP contribution in [0.25, 0.3) is 11.3 Å². The SMILES string of the molecule is N#CCCn1cc(CN2CC(O)C3(CC3)C2)c(-c2ccccc2)n1. The molecule has 1 saturated carbocycles. The Kier molecular flexibility index (Phi) is 3.87. The normalized spacial score (nSPS) is 21.9. The molecule has 0 amide bonds. The molecule has 1 aliphatic heterocycles. The van der Waals surface area contributed by atoms with E-state index in [-0.39, 0.29) is 11.5 Å². The standard InChI is InChI=1S/C19H22N4O/c20-9-4-10-23-12-16(18(21-23)15-5-2-1-3-6-15)11-22-13-17(24)19(14-22)7-8-19/h1-3,5-6,12,17,24H,4,7-8,10-11,13-14H2. The second-order valence-corrected chi connectivity index (χ2v) is 7.09. The first-order chi connectivity index (χ1) is 11.7. The van der Waals surface area contributed by atoms with Gasteiger partial charge in [-0.2, -0.15) is 10.4 Å². The lowest BCUT2D eigenvalue weighted by molar-refractivity contribution is 0.131. The maximum atomic E-state index is 10.3. The zero-order chi connectivity index (χ0) is 16.6. The van der Waals surface area contributed by atoms with Gasteiger partial charge in [-0.3, -0.25) is 9.58 Å². The van der Waals surface area contributed by atoms with Crippen molar-refractivity contribution in [2.45, 2.75) is 38.5 Å². The number of aliphatic hydroxyl groups excluding tert-OH is 1. The van der Waals surface area contributed by atoms with E-state index >= 15 is 0 Å². The van der Waals surface area contributed by atoms with Gasteiger partial charge >= 0.3 is 0 Å². The molecule has 2 fully saturated rings. The van der Waals surface area contributed by atoms with Gasteiger partial charge in [0.15, 0.2) is 0 Å². The van der Waals surface area contributed by atoms with Crippen molar-refractivity contribution >= 4 is 0 Å². The molecule has 1 aromatic carbocycles. The van der Waals surface area contributed by atoms with E-state index in [1.54, 1.807) is 0 Å². The Morgan fingerprint density at radius 2 is 2.08 bits per heavy atom. The fourth-order valence-corrected chi connectivity index (χ4v) is 3.76. The number of benzene rings is 1. The average molecular weight is 322 g/mol. The third kappa shape index (κ3) is 2.83. The van der Waals surface area contributed by atoms with E-state index in [0.717, 1.165) is 43.7 Å². The Bertz CT molecular complexity index is 757. The van der Waals surface area contributed by atoms with Crippen molar-refractivity contribution in [2.75, 3.05) is 13.1 Å². The van der Waals surface area contributed by atoms with Gasteiger partial charge in [0, 0.05) is 42.4 Å². The Balaban J connectivity index is 1.59. The van der Waals surface area contributed by atoms with Crippen LogP contribution >= 0.6 is 0 Å². The van der Waals surface area contributed by atoms with Crippen molar-refractivity contribution in [3.05, 3.63) is 42.1 Å². The molecule has 1 unspecified atom stereocenters. The number of aromatic nitrogens is 2. The molecule has 4 rings (SSSR count). The number of nitrogens with zero attached hydrogens (tertiary/aromatic N) is 4. The molecule has 0 bridgehead atoms. The summed E-state index contributed by atoms with van der Waals surface area (Å²) in [5.41, 5.74) is 3.43. The van der Waals surface area contributed by atoms with Crippen molar-refractivity contribution in [2.24, 2.45) is 5.41 Å². The van der Waals surface area contributed by atoms with Gasteiger partial charge in [0.05, 0.1) is 30.8 Å². The molecule has 1 spiro atoms. The summed E-state index contributed by atoms with van der Waals surface area (Å²) in [4.78, 5) is 2.34. The lowest BCUT2D eigenvalue weighted by Gasteiger charge is -2.15. The van der Waals surface area contributed by atoms with Crippen molar-refractivity contribution in [1.82, 2.24) is 14.7 Å². The first-order valence-electron chi connectivity index (χ1n) is 8.59. The van der Waals surface area contributed by atoms with Crippen molar-refractivity contribution in [3.8, 4) is 17.3 Å². The maximum Gasteiger partial charge on any atom is 0.0968 e. The molecule has 2 aliphatic rings. The molecule has 1 aliphatic carbocycles. The van der Waals surface area contributed by atoms with E-state index in [1.165, 1.54) is 5.56 Å². The molecule has 5 heteroatoms. The van der Waals surface area contributed by atoms with E-state index in [1.807, 2.05) is 22.9 Å². The minimum absolute atomic E-state index is 0.170. The van der Waals surface area contributed by atoms with Crippen LogP contribution in [0.15, 0.2) is 36.5 Å². The largest absolute Gasteiger partial charge is 0.391 e. The zero-order valence-electron chi connectivity index (χ0n) is 13.7. The molecule has 2 heterocycles. The minimum atomic E-state index is -0.189. The van der Waals surface area contributed by atoms with Crippen LogP contribution in [0.2, 0.25) is 0 Å². The van der Waals surface area contributed by atoms with Crippen LogP contribution in [0, 0.1) is 16.7 Å². The molecular weight excluding hydrogens is 300 g/mol. The van der Waals surface area contributed by atoms with E-state index in [0.29, 0.717) is 13.0 Å². The molecule has 2 aromatic rings. The highest BCUT2D eigenvalue weighted by Crippen LogP contribution is 2.53. The summed E-state index contributed by atoms with van der Waals surface area (Å²) < 4.78 is 1.88. The predicted molar refractivity (Wildman–Crippen MR) is 90.8 cm³/mol. The maximum absolute atomic E-state index is 10.3. The summed E-state index contributed by atoms with van der Waals surface area (Å²) in [5.74, 6) is 0. The Morgan fingerprint density at radius 3 is 2.75 bits per heavy atom. The van der Waals surface area contributed by atoms with Gasteiger partial charge in [-0.05, 0) is 12.8 Å². The van der Waals surface area contributed by atoms with Crippen molar-refractivity contribution < 1.29 is 5.11 Å². The van der Waals surface area contributed by atoms with Gasteiger partial charge in [0.2, 0.25) is 0 Å². The number of β-amino-alcohol motifs (C(OH)–C–C–N with tert-alkyl or cyclic N) is 1. The lowest BCUT2D eigenvalue weighted by atomic mass is 10.0. The highest BCUT2D eigenvalue weighted by Gasteiger charge is 2.54. The number of likely N-dealkylation sites (tertiary alicyclic amines) is 1. The van der Waals surface area contributed by atoms with Crippen LogP contribution in [0.1, 0.15) is 24.8 Å². The van der Waals surface area contributed by atoms with Crippen LogP contribution < -0.4 is 0 Å². The van der Waals surface area contributed by atoms with Crippen LogP contribution in [-0.2, 0) is 13.1 Å². The summed E-state index contributed by atoms with van der Waals surface area (Å²) in [7, 11) is 0. The zero-order valence-corrected chi connectivity index (χ0v) is 13.7. The second kappa shape index (κ2) is 6.04. The van der Waals surface area contributed by atoms with Gasteiger partial charge in [-0.15, -0.1) is 0 Å². The first kappa shape index (κ1) is 15.4. The highest BCUT2D eigenvalue weighted by molar-refractivity contribution is 5.62. The third-order valence-corrected chi connectivity index (χ3v) is 5.30. The minimum Gasteiger partial charge on any atom is -0.391 e. The molecule has 24 heavy (non-hydrogen) atoms. The molecule has 124 valence electrons. The Hall–Kier alpha value is -2.16. The Labute approximate surface area is 142 Å². The average Bonchev–Trinajstić information content (AvgIpc) is 3.16. The molecule has 1 atom stereocenters.